The molecular weight excluding hydrogens is 344 g/mol. The highest BCUT2D eigenvalue weighted by Crippen LogP contribution is 2.27. The van der Waals surface area contributed by atoms with Gasteiger partial charge in [0.15, 0.2) is 0 Å². The highest BCUT2D eigenvalue weighted by Gasteiger charge is 2.11. The van der Waals surface area contributed by atoms with Gasteiger partial charge in [0.05, 0.1) is 16.7 Å². The van der Waals surface area contributed by atoms with Crippen LogP contribution in [0.1, 0.15) is 0 Å². The van der Waals surface area contributed by atoms with Crippen LogP contribution in [0.2, 0.25) is 5.02 Å². The zero-order valence-electron chi connectivity index (χ0n) is 14.9. The number of hydrogen-bond donors (Lipinski definition) is 0. The Labute approximate surface area is 157 Å². The molecule has 26 heavy (non-hydrogen) atoms. The molecule has 0 N–H and O–H groups in total. The molecule has 0 atom stereocenters. The Kier molecular flexibility index (Phi) is 4.13. The number of hydrogen-bond acceptors (Lipinski definition) is 3. The maximum atomic E-state index is 5.96. The number of pyridine rings is 1. The maximum Gasteiger partial charge on any atom is 0.205 e. The smallest absolute Gasteiger partial charge is 0.205 e. The summed E-state index contributed by atoms with van der Waals surface area (Å²) < 4.78 is 2.09. The lowest BCUT2D eigenvalue weighted by Crippen LogP contribution is -2.13. The van der Waals surface area contributed by atoms with E-state index in [1.165, 1.54) is 0 Å². The van der Waals surface area contributed by atoms with Crippen molar-refractivity contribution in [1.29, 1.82) is 0 Å². The highest BCUT2D eigenvalue weighted by atomic mass is 35.5. The van der Waals surface area contributed by atoms with Gasteiger partial charge in [0.1, 0.15) is 0 Å². The number of aryl methyl sites for hydroxylation is 1. The maximum absolute atomic E-state index is 5.96. The topological polar surface area (TPSA) is 34.0 Å². The molecular formula is C21H19ClN4. The van der Waals surface area contributed by atoms with Crippen LogP contribution in [0, 0.1) is 0 Å². The zero-order chi connectivity index (χ0) is 18.3. The molecule has 0 aliphatic heterocycles. The van der Waals surface area contributed by atoms with Crippen molar-refractivity contribution in [2.45, 2.75) is 0 Å². The highest BCUT2D eigenvalue weighted by molar-refractivity contribution is 6.30. The van der Waals surface area contributed by atoms with Crippen molar-refractivity contribution in [3.05, 3.63) is 65.8 Å². The second kappa shape index (κ2) is 6.46. The van der Waals surface area contributed by atoms with Crippen LogP contribution in [0.4, 0.5) is 5.95 Å². The minimum Gasteiger partial charge on any atom is -0.348 e. The summed E-state index contributed by atoms with van der Waals surface area (Å²) in [5.74, 6) is 0.934. The number of aromatic nitrogens is 3. The van der Waals surface area contributed by atoms with E-state index in [2.05, 4.69) is 33.8 Å². The summed E-state index contributed by atoms with van der Waals surface area (Å²) in [6.45, 7) is 0. The van der Waals surface area contributed by atoms with Crippen LogP contribution in [0.15, 0.2) is 60.8 Å². The summed E-state index contributed by atoms with van der Waals surface area (Å²) >= 11 is 5.96. The number of halogens is 1. The van der Waals surface area contributed by atoms with Crippen molar-refractivity contribution >= 4 is 28.6 Å². The molecule has 0 bridgehead atoms. The first-order valence-electron chi connectivity index (χ1n) is 8.39. The number of rotatable bonds is 3. The van der Waals surface area contributed by atoms with Crippen LogP contribution < -0.4 is 4.90 Å². The van der Waals surface area contributed by atoms with E-state index in [0.717, 1.165) is 44.4 Å². The molecule has 4 rings (SSSR count). The van der Waals surface area contributed by atoms with E-state index in [0.29, 0.717) is 0 Å². The first kappa shape index (κ1) is 16.6. The standard InChI is InChI=1S/C21H19ClN4/c1-25(2)21-24-19-12-15(7-11-20(19)26(21)3)18-10-6-16(13-23-18)14-4-8-17(22)9-5-14/h4-13H,1-3H3. The number of nitrogens with zero attached hydrogens (tertiary/aromatic N) is 4. The van der Waals surface area contributed by atoms with E-state index in [4.69, 9.17) is 16.6 Å². The lowest BCUT2D eigenvalue weighted by molar-refractivity contribution is 0.890. The third-order valence-electron chi connectivity index (χ3n) is 4.49. The van der Waals surface area contributed by atoms with Crippen molar-refractivity contribution in [1.82, 2.24) is 14.5 Å². The number of anilines is 1. The van der Waals surface area contributed by atoms with Gasteiger partial charge < -0.3 is 9.47 Å². The van der Waals surface area contributed by atoms with E-state index in [-0.39, 0.29) is 0 Å². The number of benzene rings is 2. The summed E-state index contributed by atoms with van der Waals surface area (Å²) in [5, 5.41) is 0.735. The molecule has 0 aliphatic carbocycles. The molecule has 0 saturated heterocycles. The number of fused-ring (bicyclic) bond motifs is 1. The summed E-state index contributed by atoms with van der Waals surface area (Å²) in [5.41, 5.74) is 6.24. The van der Waals surface area contributed by atoms with Gasteiger partial charge in [-0.2, -0.15) is 0 Å². The van der Waals surface area contributed by atoms with Crippen molar-refractivity contribution in [3.8, 4) is 22.4 Å². The Hall–Kier alpha value is -2.85. The van der Waals surface area contributed by atoms with E-state index in [9.17, 15) is 0 Å². The second-order valence-corrected chi connectivity index (χ2v) is 6.94. The zero-order valence-corrected chi connectivity index (χ0v) is 15.7. The molecule has 130 valence electrons. The molecule has 5 heteroatoms. The van der Waals surface area contributed by atoms with Gasteiger partial charge in [-0.05, 0) is 35.9 Å². The Bertz CT molecular complexity index is 1060. The van der Waals surface area contributed by atoms with Gasteiger partial charge in [-0.3, -0.25) is 4.98 Å². The van der Waals surface area contributed by atoms with Crippen molar-refractivity contribution in [3.63, 3.8) is 0 Å². The summed E-state index contributed by atoms with van der Waals surface area (Å²) in [6.07, 6.45) is 1.90. The lowest BCUT2D eigenvalue weighted by atomic mass is 10.1. The van der Waals surface area contributed by atoms with Gasteiger partial charge in [-0.15, -0.1) is 0 Å². The predicted octanol–water partition coefficient (Wildman–Crippen LogP) is 5.02. The molecule has 0 unspecified atom stereocenters. The van der Waals surface area contributed by atoms with Gasteiger partial charge >= 0.3 is 0 Å². The molecule has 2 aromatic heterocycles. The fourth-order valence-electron chi connectivity index (χ4n) is 3.12. The second-order valence-electron chi connectivity index (χ2n) is 6.51. The third kappa shape index (κ3) is 2.93. The Morgan fingerprint density at radius 2 is 1.58 bits per heavy atom. The van der Waals surface area contributed by atoms with Crippen molar-refractivity contribution in [2.75, 3.05) is 19.0 Å². The van der Waals surface area contributed by atoms with Crippen molar-refractivity contribution in [2.24, 2.45) is 7.05 Å². The minimum atomic E-state index is 0.735. The average molecular weight is 363 g/mol. The average Bonchev–Trinajstić information content (AvgIpc) is 2.99. The molecule has 0 amide bonds. The molecule has 2 aromatic carbocycles. The lowest BCUT2D eigenvalue weighted by Gasteiger charge is -2.10. The fourth-order valence-corrected chi connectivity index (χ4v) is 3.25. The van der Waals surface area contributed by atoms with E-state index in [1.807, 2.05) is 62.6 Å². The van der Waals surface area contributed by atoms with Crippen molar-refractivity contribution < 1.29 is 0 Å². The third-order valence-corrected chi connectivity index (χ3v) is 4.75. The fraction of sp³-hybridized carbons (Fsp3) is 0.143. The SMILES string of the molecule is CN(C)c1nc2cc(-c3ccc(-c4ccc(Cl)cc4)cn3)ccc2n1C. The summed E-state index contributed by atoms with van der Waals surface area (Å²) in [6, 6.07) is 18.2. The van der Waals surface area contributed by atoms with E-state index >= 15 is 0 Å². The first-order valence-corrected chi connectivity index (χ1v) is 8.77. The molecule has 2 heterocycles. The van der Waals surface area contributed by atoms with Crippen LogP contribution in [-0.2, 0) is 7.05 Å². The van der Waals surface area contributed by atoms with Gasteiger partial charge in [-0.1, -0.05) is 35.9 Å². The van der Waals surface area contributed by atoms with Crippen LogP contribution in [0.25, 0.3) is 33.4 Å². The van der Waals surface area contributed by atoms with Crippen LogP contribution in [-0.4, -0.2) is 28.6 Å². The summed E-state index contributed by atoms with van der Waals surface area (Å²) in [4.78, 5) is 11.4. The van der Waals surface area contributed by atoms with E-state index in [1.54, 1.807) is 0 Å². The number of imidazole rings is 1. The van der Waals surface area contributed by atoms with Gasteiger partial charge in [0.2, 0.25) is 5.95 Å². The molecule has 0 radical (unpaired) electrons. The van der Waals surface area contributed by atoms with Crippen LogP contribution in [0.3, 0.4) is 0 Å². The molecule has 0 fully saturated rings. The largest absolute Gasteiger partial charge is 0.348 e. The molecule has 0 spiro atoms. The normalized spacial score (nSPS) is 11.1. The summed E-state index contributed by atoms with van der Waals surface area (Å²) in [7, 11) is 6.03. The van der Waals surface area contributed by atoms with E-state index < -0.39 is 0 Å². The first-order chi connectivity index (χ1) is 12.5. The molecule has 4 nitrogen and oxygen atoms in total. The Morgan fingerprint density at radius 1 is 0.885 bits per heavy atom. The van der Waals surface area contributed by atoms with Gasteiger partial charge in [0, 0.05) is 43.5 Å². The Morgan fingerprint density at radius 3 is 2.23 bits per heavy atom. The van der Waals surface area contributed by atoms with Gasteiger partial charge in [0.25, 0.3) is 0 Å². The Balaban J connectivity index is 1.70. The van der Waals surface area contributed by atoms with Gasteiger partial charge in [-0.25, -0.2) is 4.98 Å². The molecule has 0 saturated carbocycles. The van der Waals surface area contributed by atoms with Crippen LogP contribution in [0.5, 0.6) is 0 Å². The quantitative estimate of drug-likeness (QED) is 0.513. The molecule has 0 aliphatic rings. The predicted molar refractivity (Wildman–Crippen MR) is 109 cm³/mol. The minimum absolute atomic E-state index is 0.735. The monoisotopic (exact) mass is 362 g/mol. The van der Waals surface area contributed by atoms with Crippen LogP contribution >= 0.6 is 11.6 Å². The molecule has 4 aromatic rings.